The molecule has 1 atom stereocenters. The summed E-state index contributed by atoms with van der Waals surface area (Å²) in [7, 11) is 1.79. The molecule has 1 saturated heterocycles. The second kappa shape index (κ2) is 8.01. The lowest BCUT2D eigenvalue weighted by molar-refractivity contribution is 0.713. The molecule has 0 aliphatic carbocycles. The molecule has 1 aromatic heterocycles. The standard InChI is InChI=1S/C16H22N6S/c1-17-16(18-10-14-8-5-9-23-14)19-11-15-21-20-12-22(15)13-6-3-2-4-7-13/h2-4,6-7,12,14H,5,8-11H2,1H3,(H2,17,18,19). The number of guanidine groups is 1. The average Bonchev–Trinajstić information content (AvgIpc) is 3.27. The molecule has 1 unspecified atom stereocenters. The highest BCUT2D eigenvalue weighted by Gasteiger charge is 2.15. The molecule has 0 bridgehead atoms. The molecule has 122 valence electrons. The minimum Gasteiger partial charge on any atom is -0.355 e. The minimum atomic E-state index is 0.576. The Labute approximate surface area is 140 Å². The number of aliphatic imine (C=N–C) groups is 1. The van der Waals surface area contributed by atoms with Crippen molar-refractivity contribution in [2.24, 2.45) is 4.99 Å². The van der Waals surface area contributed by atoms with E-state index in [9.17, 15) is 0 Å². The Kier molecular flexibility index (Phi) is 5.52. The zero-order valence-corrected chi connectivity index (χ0v) is 14.1. The molecule has 2 aromatic rings. The first-order valence-corrected chi connectivity index (χ1v) is 8.92. The Balaban J connectivity index is 1.56. The van der Waals surface area contributed by atoms with E-state index in [1.54, 1.807) is 13.4 Å². The summed E-state index contributed by atoms with van der Waals surface area (Å²) in [6.07, 6.45) is 4.35. The first kappa shape index (κ1) is 15.9. The average molecular weight is 330 g/mol. The van der Waals surface area contributed by atoms with Crippen LogP contribution in [0.3, 0.4) is 0 Å². The zero-order chi connectivity index (χ0) is 15.9. The number of hydrogen-bond donors (Lipinski definition) is 2. The molecule has 23 heavy (non-hydrogen) atoms. The predicted octanol–water partition coefficient (Wildman–Crippen LogP) is 1.83. The topological polar surface area (TPSA) is 67.1 Å². The third kappa shape index (κ3) is 4.25. The van der Waals surface area contributed by atoms with Gasteiger partial charge in [-0.2, -0.15) is 11.8 Å². The summed E-state index contributed by atoms with van der Waals surface area (Å²) in [4.78, 5) is 4.28. The van der Waals surface area contributed by atoms with E-state index in [4.69, 9.17) is 0 Å². The number of nitrogens with zero attached hydrogens (tertiary/aromatic N) is 4. The highest BCUT2D eigenvalue weighted by Crippen LogP contribution is 2.25. The van der Waals surface area contributed by atoms with Gasteiger partial charge in [-0.3, -0.25) is 9.56 Å². The maximum Gasteiger partial charge on any atom is 0.191 e. The molecule has 3 rings (SSSR count). The van der Waals surface area contributed by atoms with Gasteiger partial charge < -0.3 is 10.6 Å². The fraction of sp³-hybridized carbons (Fsp3) is 0.438. The van der Waals surface area contributed by atoms with Gasteiger partial charge in [0.05, 0.1) is 6.54 Å². The van der Waals surface area contributed by atoms with Gasteiger partial charge in [-0.25, -0.2) is 0 Å². The van der Waals surface area contributed by atoms with Crippen molar-refractivity contribution < 1.29 is 0 Å². The van der Waals surface area contributed by atoms with Crippen LogP contribution in [-0.4, -0.2) is 45.3 Å². The molecule has 1 fully saturated rings. The predicted molar refractivity (Wildman–Crippen MR) is 95.0 cm³/mol. The second-order valence-corrected chi connectivity index (χ2v) is 6.80. The van der Waals surface area contributed by atoms with Crippen LogP contribution in [-0.2, 0) is 6.54 Å². The Morgan fingerprint density at radius 2 is 2.22 bits per heavy atom. The Morgan fingerprint density at radius 3 is 2.96 bits per heavy atom. The number of aromatic nitrogens is 3. The van der Waals surface area contributed by atoms with Crippen LogP contribution in [0.5, 0.6) is 0 Å². The van der Waals surface area contributed by atoms with Crippen molar-refractivity contribution in [2.75, 3.05) is 19.3 Å². The Hall–Kier alpha value is -2.02. The summed E-state index contributed by atoms with van der Waals surface area (Å²) in [6, 6.07) is 10.1. The lowest BCUT2D eigenvalue weighted by atomic mass is 10.2. The largest absolute Gasteiger partial charge is 0.355 e. The highest BCUT2D eigenvalue weighted by molar-refractivity contribution is 8.00. The van der Waals surface area contributed by atoms with Crippen LogP contribution < -0.4 is 10.6 Å². The van der Waals surface area contributed by atoms with Crippen LogP contribution in [0.25, 0.3) is 5.69 Å². The van der Waals surface area contributed by atoms with Crippen LogP contribution in [0.15, 0.2) is 41.7 Å². The van der Waals surface area contributed by atoms with Crippen molar-refractivity contribution in [1.82, 2.24) is 25.4 Å². The molecule has 2 heterocycles. The van der Waals surface area contributed by atoms with E-state index in [0.29, 0.717) is 11.8 Å². The number of rotatable bonds is 5. The Bertz CT molecular complexity index is 633. The number of benzene rings is 1. The van der Waals surface area contributed by atoms with Crippen molar-refractivity contribution in [3.63, 3.8) is 0 Å². The first-order chi connectivity index (χ1) is 11.4. The van der Waals surface area contributed by atoms with Gasteiger partial charge in [-0.15, -0.1) is 10.2 Å². The highest BCUT2D eigenvalue weighted by atomic mass is 32.2. The van der Waals surface area contributed by atoms with Crippen LogP contribution in [0, 0.1) is 0 Å². The van der Waals surface area contributed by atoms with Gasteiger partial charge in [-0.05, 0) is 30.7 Å². The quantitative estimate of drug-likeness (QED) is 0.647. The van der Waals surface area contributed by atoms with Crippen LogP contribution >= 0.6 is 11.8 Å². The van der Waals surface area contributed by atoms with Gasteiger partial charge in [0.15, 0.2) is 11.8 Å². The van der Waals surface area contributed by atoms with Crippen molar-refractivity contribution in [1.29, 1.82) is 0 Å². The number of hydrogen-bond acceptors (Lipinski definition) is 4. The molecule has 0 radical (unpaired) electrons. The molecule has 1 aliphatic heterocycles. The normalized spacial score (nSPS) is 18.1. The molecule has 0 amide bonds. The fourth-order valence-electron chi connectivity index (χ4n) is 2.58. The number of nitrogens with one attached hydrogen (secondary N) is 2. The van der Waals surface area contributed by atoms with Crippen molar-refractivity contribution >= 4 is 17.7 Å². The summed E-state index contributed by atoms with van der Waals surface area (Å²) in [5.41, 5.74) is 1.06. The van der Waals surface area contributed by atoms with E-state index < -0.39 is 0 Å². The van der Waals surface area contributed by atoms with E-state index in [1.807, 2.05) is 46.7 Å². The van der Waals surface area contributed by atoms with Gasteiger partial charge >= 0.3 is 0 Å². The van der Waals surface area contributed by atoms with Gasteiger partial charge in [-0.1, -0.05) is 18.2 Å². The minimum absolute atomic E-state index is 0.576. The van der Waals surface area contributed by atoms with E-state index in [-0.39, 0.29) is 0 Å². The summed E-state index contributed by atoms with van der Waals surface area (Å²) in [6.45, 7) is 1.53. The molecule has 2 N–H and O–H groups in total. The van der Waals surface area contributed by atoms with Gasteiger partial charge in [0.2, 0.25) is 0 Å². The molecule has 0 spiro atoms. The molecule has 1 aliphatic rings. The lowest BCUT2D eigenvalue weighted by Gasteiger charge is -2.15. The summed E-state index contributed by atoms with van der Waals surface area (Å²) < 4.78 is 1.98. The van der Waals surface area contributed by atoms with E-state index in [0.717, 1.165) is 24.0 Å². The van der Waals surface area contributed by atoms with E-state index >= 15 is 0 Å². The van der Waals surface area contributed by atoms with Crippen LogP contribution in [0.4, 0.5) is 0 Å². The molecule has 7 heteroatoms. The van der Waals surface area contributed by atoms with Crippen LogP contribution in [0.2, 0.25) is 0 Å². The lowest BCUT2D eigenvalue weighted by Crippen LogP contribution is -2.40. The summed E-state index contributed by atoms with van der Waals surface area (Å²) >= 11 is 2.04. The maximum atomic E-state index is 4.28. The third-order valence-electron chi connectivity index (χ3n) is 3.81. The fourth-order valence-corrected chi connectivity index (χ4v) is 3.78. The number of para-hydroxylation sites is 1. The molecule has 1 aromatic carbocycles. The maximum absolute atomic E-state index is 4.28. The second-order valence-electron chi connectivity index (χ2n) is 5.39. The van der Waals surface area contributed by atoms with E-state index in [1.165, 1.54) is 18.6 Å². The van der Waals surface area contributed by atoms with Gasteiger partial charge in [0.1, 0.15) is 6.33 Å². The van der Waals surface area contributed by atoms with Crippen molar-refractivity contribution in [3.8, 4) is 5.69 Å². The first-order valence-electron chi connectivity index (χ1n) is 7.87. The zero-order valence-electron chi connectivity index (χ0n) is 13.3. The van der Waals surface area contributed by atoms with Crippen LogP contribution in [0.1, 0.15) is 18.7 Å². The SMILES string of the molecule is CN=C(NCc1nncn1-c1ccccc1)NCC1CCCS1. The number of thioether (sulfide) groups is 1. The molecule has 0 saturated carbocycles. The van der Waals surface area contributed by atoms with Crippen molar-refractivity contribution in [2.45, 2.75) is 24.6 Å². The monoisotopic (exact) mass is 330 g/mol. The molecular formula is C16H22N6S. The molecule has 6 nitrogen and oxygen atoms in total. The van der Waals surface area contributed by atoms with Gasteiger partial charge in [0, 0.05) is 24.5 Å². The summed E-state index contributed by atoms with van der Waals surface area (Å²) in [5, 5.41) is 15.6. The third-order valence-corrected chi connectivity index (χ3v) is 5.21. The van der Waals surface area contributed by atoms with E-state index in [2.05, 4.69) is 25.8 Å². The molecular weight excluding hydrogens is 308 g/mol. The summed E-state index contributed by atoms with van der Waals surface area (Å²) in [5.74, 6) is 2.94. The van der Waals surface area contributed by atoms with Gasteiger partial charge in [0.25, 0.3) is 0 Å². The Morgan fingerprint density at radius 1 is 1.35 bits per heavy atom. The smallest absolute Gasteiger partial charge is 0.191 e. The van der Waals surface area contributed by atoms with Crippen molar-refractivity contribution in [3.05, 3.63) is 42.5 Å².